The highest BCUT2D eigenvalue weighted by atomic mass is 15.1. The van der Waals surface area contributed by atoms with Crippen molar-refractivity contribution >= 4 is 49.4 Å². The van der Waals surface area contributed by atoms with E-state index >= 15 is 0 Å². The lowest BCUT2D eigenvalue weighted by Crippen LogP contribution is -2.10. The van der Waals surface area contributed by atoms with E-state index in [-0.39, 0.29) is 0 Å². The smallest absolute Gasteiger partial charge is 0.0540 e. The van der Waals surface area contributed by atoms with Gasteiger partial charge in [0.15, 0.2) is 0 Å². The Morgan fingerprint density at radius 1 is 0.351 bits per heavy atom. The van der Waals surface area contributed by atoms with Crippen LogP contribution in [0.4, 0.5) is 17.1 Å². The molecule has 0 aliphatic carbocycles. The van der Waals surface area contributed by atoms with E-state index in [2.05, 4.69) is 157 Å². The first-order valence-corrected chi connectivity index (χ1v) is 12.7. The van der Waals surface area contributed by atoms with Gasteiger partial charge in [-0.15, -0.1) is 0 Å². The Morgan fingerprint density at radius 3 is 1.38 bits per heavy atom. The zero-order chi connectivity index (χ0) is 24.6. The second-order valence-electron chi connectivity index (χ2n) is 9.38. The fourth-order valence-electron chi connectivity index (χ4n) is 5.58. The van der Waals surface area contributed by atoms with Crippen molar-refractivity contribution in [3.63, 3.8) is 0 Å². The first kappa shape index (κ1) is 21.4. The summed E-state index contributed by atoms with van der Waals surface area (Å²) in [6.07, 6.45) is 0. The molecule has 0 saturated carbocycles. The molecule has 0 fully saturated rings. The van der Waals surface area contributed by atoms with Crippen molar-refractivity contribution in [1.82, 2.24) is 0 Å². The summed E-state index contributed by atoms with van der Waals surface area (Å²) in [5, 5.41) is 7.56. The molecule has 0 aromatic heterocycles. The van der Waals surface area contributed by atoms with Gasteiger partial charge in [0.25, 0.3) is 0 Å². The van der Waals surface area contributed by atoms with Gasteiger partial charge in [0.1, 0.15) is 0 Å². The molecule has 7 aromatic rings. The number of hydrogen-bond acceptors (Lipinski definition) is 1. The van der Waals surface area contributed by atoms with Gasteiger partial charge in [-0.25, -0.2) is 0 Å². The second-order valence-corrected chi connectivity index (χ2v) is 9.38. The molecule has 1 nitrogen and oxygen atoms in total. The van der Waals surface area contributed by atoms with E-state index in [4.69, 9.17) is 0 Å². The van der Waals surface area contributed by atoms with E-state index in [0.29, 0.717) is 0 Å². The largest absolute Gasteiger partial charge is 0.310 e. The maximum Gasteiger partial charge on any atom is 0.0540 e. The van der Waals surface area contributed by atoms with Crippen LogP contribution in [0.25, 0.3) is 43.4 Å². The van der Waals surface area contributed by atoms with Gasteiger partial charge in [0.05, 0.1) is 5.69 Å². The Bertz CT molecular complexity index is 1780. The summed E-state index contributed by atoms with van der Waals surface area (Å²) < 4.78 is 0. The van der Waals surface area contributed by atoms with Crippen LogP contribution in [0.5, 0.6) is 0 Å². The highest BCUT2D eigenvalue weighted by molar-refractivity contribution is 6.18. The van der Waals surface area contributed by atoms with Crippen LogP contribution in [0.2, 0.25) is 0 Å². The molecule has 0 N–H and O–H groups in total. The van der Waals surface area contributed by atoms with Crippen LogP contribution >= 0.6 is 0 Å². The monoisotopic (exact) mass is 471 g/mol. The van der Waals surface area contributed by atoms with Crippen LogP contribution in [-0.4, -0.2) is 0 Å². The summed E-state index contributed by atoms with van der Waals surface area (Å²) in [4.78, 5) is 2.35. The molecule has 0 atom stereocenters. The summed E-state index contributed by atoms with van der Waals surface area (Å²) in [5.41, 5.74) is 6.00. The Morgan fingerprint density at radius 2 is 0.811 bits per heavy atom. The average molecular weight is 472 g/mol. The topological polar surface area (TPSA) is 3.24 Å². The molecule has 0 saturated heterocycles. The molecule has 7 rings (SSSR count). The summed E-state index contributed by atoms with van der Waals surface area (Å²) in [5.74, 6) is 0. The first-order valence-electron chi connectivity index (χ1n) is 12.7. The summed E-state index contributed by atoms with van der Waals surface area (Å²) in [6.45, 7) is 0. The Kier molecular flexibility index (Phi) is 5.19. The third-order valence-electron chi connectivity index (χ3n) is 7.21. The average Bonchev–Trinajstić information content (AvgIpc) is 2.97. The minimum atomic E-state index is 1.14. The van der Waals surface area contributed by atoms with Gasteiger partial charge in [0, 0.05) is 16.8 Å². The lowest BCUT2D eigenvalue weighted by atomic mass is 9.89. The molecule has 1 heteroatoms. The molecule has 0 bridgehead atoms. The number of anilines is 3. The van der Waals surface area contributed by atoms with Crippen molar-refractivity contribution in [3.8, 4) is 11.1 Å². The SMILES string of the molecule is c1ccc(N(c2ccccc2)c2ccc(-c3c4ccccc4cc4ccccc34)c3ccccc23)cc1. The number of nitrogens with zero attached hydrogens (tertiary/aromatic N) is 1. The van der Waals surface area contributed by atoms with Crippen molar-refractivity contribution in [3.05, 3.63) is 152 Å². The third-order valence-corrected chi connectivity index (χ3v) is 7.21. The lowest BCUT2D eigenvalue weighted by Gasteiger charge is -2.27. The van der Waals surface area contributed by atoms with E-state index in [1.807, 2.05) is 0 Å². The predicted molar refractivity (Wildman–Crippen MR) is 159 cm³/mol. The third kappa shape index (κ3) is 3.64. The normalized spacial score (nSPS) is 11.2. The Balaban J connectivity index is 1.55. The highest BCUT2D eigenvalue weighted by Crippen LogP contribution is 2.44. The molecular formula is C36H25N. The summed E-state index contributed by atoms with van der Waals surface area (Å²) >= 11 is 0. The fraction of sp³-hybridized carbons (Fsp3) is 0. The molecule has 174 valence electrons. The van der Waals surface area contributed by atoms with Gasteiger partial charge in [-0.05, 0) is 74.5 Å². The number of para-hydroxylation sites is 2. The molecule has 0 unspecified atom stereocenters. The van der Waals surface area contributed by atoms with Gasteiger partial charge in [-0.2, -0.15) is 0 Å². The molecule has 0 aliphatic rings. The summed E-state index contributed by atoms with van der Waals surface area (Å²) in [6, 6.07) is 54.4. The molecule has 0 spiro atoms. The minimum absolute atomic E-state index is 1.14. The number of benzene rings is 7. The standard InChI is InChI=1S/C36H25N/c1-3-15-28(16-4-1)37(29-17-5-2-6-18-29)35-24-23-34(32-21-11-12-22-33(32)35)36-30-19-9-7-13-26(30)25-27-14-8-10-20-31(27)36/h1-25H. The number of hydrogen-bond donors (Lipinski definition) is 0. The minimum Gasteiger partial charge on any atom is -0.310 e. The summed E-state index contributed by atoms with van der Waals surface area (Å²) in [7, 11) is 0. The van der Waals surface area contributed by atoms with E-state index in [1.165, 1.54) is 49.1 Å². The zero-order valence-corrected chi connectivity index (χ0v) is 20.4. The molecule has 0 heterocycles. The van der Waals surface area contributed by atoms with Crippen LogP contribution in [0.15, 0.2) is 152 Å². The van der Waals surface area contributed by atoms with Crippen molar-refractivity contribution in [2.45, 2.75) is 0 Å². The first-order chi connectivity index (χ1) is 18.4. The molecule has 0 aliphatic heterocycles. The van der Waals surface area contributed by atoms with E-state index in [1.54, 1.807) is 0 Å². The van der Waals surface area contributed by atoms with Crippen LogP contribution in [0, 0.1) is 0 Å². The second kappa shape index (κ2) is 8.96. The van der Waals surface area contributed by atoms with Crippen molar-refractivity contribution < 1.29 is 0 Å². The number of rotatable bonds is 4. The van der Waals surface area contributed by atoms with Crippen LogP contribution in [0.3, 0.4) is 0 Å². The highest BCUT2D eigenvalue weighted by Gasteiger charge is 2.18. The number of fused-ring (bicyclic) bond motifs is 3. The maximum absolute atomic E-state index is 2.35. The molecule has 0 amide bonds. The van der Waals surface area contributed by atoms with Crippen LogP contribution in [-0.2, 0) is 0 Å². The van der Waals surface area contributed by atoms with Gasteiger partial charge in [0.2, 0.25) is 0 Å². The maximum atomic E-state index is 2.35. The quantitative estimate of drug-likeness (QED) is 0.231. The predicted octanol–water partition coefficient (Wildman–Crippen LogP) is 10.3. The Labute approximate surface area is 216 Å². The van der Waals surface area contributed by atoms with Gasteiger partial charge < -0.3 is 4.90 Å². The van der Waals surface area contributed by atoms with Crippen LogP contribution in [0.1, 0.15) is 0 Å². The Hall–Kier alpha value is -4.88. The molecule has 7 aromatic carbocycles. The van der Waals surface area contributed by atoms with Gasteiger partial charge in [-0.1, -0.05) is 115 Å². The lowest BCUT2D eigenvalue weighted by molar-refractivity contribution is 1.30. The molecule has 0 radical (unpaired) electrons. The van der Waals surface area contributed by atoms with E-state index in [0.717, 1.165) is 11.4 Å². The van der Waals surface area contributed by atoms with Crippen molar-refractivity contribution in [1.29, 1.82) is 0 Å². The fourth-order valence-corrected chi connectivity index (χ4v) is 5.58. The van der Waals surface area contributed by atoms with E-state index < -0.39 is 0 Å². The molecular weight excluding hydrogens is 446 g/mol. The van der Waals surface area contributed by atoms with Crippen LogP contribution < -0.4 is 4.90 Å². The van der Waals surface area contributed by atoms with Gasteiger partial charge in [-0.3, -0.25) is 0 Å². The molecule has 37 heavy (non-hydrogen) atoms. The van der Waals surface area contributed by atoms with Crippen molar-refractivity contribution in [2.24, 2.45) is 0 Å². The zero-order valence-electron chi connectivity index (χ0n) is 20.4. The van der Waals surface area contributed by atoms with Gasteiger partial charge >= 0.3 is 0 Å². The van der Waals surface area contributed by atoms with Crippen molar-refractivity contribution in [2.75, 3.05) is 4.90 Å². The van der Waals surface area contributed by atoms with E-state index in [9.17, 15) is 0 Å².